The van der Waals surface area contributed by atoms with Gasteiger partial charge in [-0.1, -0.05) is 29.8 Å². The van der Waals surface area contributed by atoms with Gasteiger partial charge in [0.2, 0.25) is 0 Å². The SMILES string of the molecule is O=c1[nH]c2cc(Cl)ccc2c(O)c1N=Nc1ccccc1. The van der Waals surface area contributed by atoms with Crippen molar-refractivity contribution in [2.24, 2.45) is 10.2 Å². The molecule has 0 aliphatic carbocycles. The van der Waals surface area contributed by atoms with E-state index in [1.54, 1.807) is 42.5 Å². The summed E-state index contributed by atoms with van der Waals surface area (Å²) in [6.45, 7) is 0. The van der Waals surface area contributed by atoms with Gasteiger partial charge in [-0.3, -0.25) is 4.79 Å². The quantitative estimate of drug-likeness (QED) is 0.692. The average Bonchev–Trinajstić information content (AvgIpc) is 2.47. The molecule has 5 nitrogen and oxygen atoms in total. The highest BCUT2D eigenvalue weighted by Gasteiger charge is 2.11. The number of hydrogen-bond donors (Lipinski definition) is 2. The van der Waals surface area contributed by atoms with Crippen molar-refractivity contribution < 1.29 is 5.11 Å². The van der Waals surface area contributed by atoms with Crippen LogP contribution in [0.4, 0.5) is 11.4 Å². The van der Waals surface area contributed by atoms with Gasteiger partial charge in [-0.2, -0.15) is 5.11 Å². The summed E-state index contributed by atoms with van der Waals surface area (Å²) in [6.07, 6.45) is 0. The van der Waals surface area contributed by atoms with Crippen LogP contribution in [0.2, 0.25) is 5.02 Å². The lowest BCUT2D eigenvalue weighted by Gasteiger charge is -2.03. The van der Waals surface area contributed by atoms with E-state index in [1.807, 2.05) is 6.07 Å². The molecule has 0 amide bonds. The molecular weight excluding hydrogens is 290 g/mol. The molecule has 2 N–H and O–H groups in total. The first kappa shape index (κ1) is 13.3. The number of H-pyrrole nitrogens is 1. The highest BCUT2D eigenvalue weighted by atomic mass is 35.5. The van der Waals surface area contributed by atoms with Crippen LogP contribution in [-0.4, -0.2) is 10.1 Å². The zero-order valence-electron chi connectivity index (χ0n) is 10.7. The van der Waals surface area contributed by atoms with Gasteiger partial charge in [0.1, 0.15) is 0 Å². The van der Waals surface area contributed by atoms with Crippen molar-refractivity contribution in [1.29, 1.82) is 0 Å². The van der Waals surface area contributed by atoms with E-state index in [4.69, 9.17) is 11.6 Å². The Morgan fingerprint density at radius 2 is 1.81 bits per heavy atom. The van der Waals surface area contributed by atoms with Gasteiger partial charge in [0.25, 0.3) is 5.56 Å². The minimum absolute atomic E-state index is 0.131. The van der Waals surface area contributed by atoms with Crippen molar-refractivity contribution in [2.75, 3.05) is 0 Å². The number of aromatic amines is 1. The Morgan fingerprint density at radius 3 is 2.57 bits per heavy atom. The van der Waals surface area contributed by atoms with Gasteiger partial charge in [0.05, 0.1) is 11.2 Å². The normalized spacial score (nSPS) is 11.3. The van der Waals surface area contributed by atoms with E-state index in [0.717, 1.165) is 0 Å². The lowest BCUT2D eigenvalue weighted by Crippen LogP contribution is -2.05. The lowest BCUT2D eigenvalue weighted by atomic mass is 10.2. The number of nitrogens with one attached hydrogen (secondary N) is 1. The van der Waals surface area contributed by atoms with Crippen LogP contribution >= 0.6 is 11.6 Å². The summed E-state index contributed by atoms with van der Waals surface area (Å²) in [5.74, 6) is -0.218. The van der Waals surface area contributed by atoms with Crippen LogP contribution < -0.4 is 5.56 Å². The first-order chi connectivity index (χ1) is 10.1. The smallest absolute Gasteiger partial charge is 0.280 e. The Hall–Kier alpha value is -2.66. The Bertz CT molecular complexity index is 889. The lowest BCUT2D eigenvalue weighted by molar-refractivity contribution is 0.481. The zero-order chi connectivity index (χ0) is 14.8. The summed E-state index contributed by atoms with van der Waals surface area (Å²) in [5.41, 5.74) is 0.381. The second-order valence-electron chi connectivity index (χ2n) is 4.38. The number of aromatic nitrogens is 1. The van der Waals surface area contributed by atoms with Gasteiger partial charge >= 0.3 is 0 Å². The highest BCUT2D eigenvalue weighted by Crippen LogP contribution is 2.32. The molecule has 0 aliphatic heterocycles. The summed E-state index contributed by atoms with van der Waals surface area (Å²) in [7, 11) is 0. The van der Waals surface area contributed by atoms with Gasteiger partial charge in [-0.25, -0.2) is 0 Å². The standard InChI is InChI=1S/C15H10ClN3O2/c16-9-6-7-11-12(8-9)17-15(21)13(14(11)20)19-18-10-4-2-1-3-5-10/h1-8H,(H2,17,20,21). The molecule has 0 atom stereocenters. The maximum Gasteiger partial charge on any atom is 0.280 e. The number of fused-ring (bicyclic) bond motifs is 1. The number of rotatable bonds is 2. The first-order valence-corrected chi connectivity index (χ1v) is 6.54. The molecule has 0 aliphatic rings. The predicted octanol–water partition coefficient (Wildman–Crippen LogP) is 4.30. The minimum atomic E-state index is -0.526. The van der Waals surface area contributed by atoms with E-state index in [9.17, 15) is 9.90 Å². The number of nitrogens with zero attached hydrogens (tertiary/aromatic N) is 2. The fourth-order valence-electron chi connectivity index (χ4n) is 1.94. The molecule has 0 saturated heterocycles. The third kappa shape index (κ3) is 2.64. The van der Waals surface area contributed by atoms with Crippen molar-refractivity contribution in [2.45, 2.75) is 0 Å². The molecule has 3 aromatic rings. The predicted molar refractivity (Wildman–Crippen MR) is 81.9 cm³/mol. The van der Waals surface area contributed by atoms with Crippen LogP contribution in [0.25, 0.3) is 10.9 Å². The summed E-state index contributed by atoms with van der Waals surface area (Å²) >= 11 is 5.86. The van der Waals surface area contributed by atoms with E-state index in [1.165, 1.54) is 0 Å². The Balaban J connectivity index is 2.13. The van der Waals surface area contributed by atoms with Crippen molar-refractivity contribution in [3.8, 4) is 5.75 Å². The van der Waals surface area contributed by atoms with E-state index in [-0.39, 0.29) is 11.4 Å². The van der Waals surface area contributed by atoms with Crippen molar-refractivity contribution in [3.05, 3.63) is 63.9 Å². The van der Waals surface area contributed by atoms with Crippen LogP contribution in [-0.2, 0) is 0 Å². The number of benzene rings is 2. The summed E-state index contributed by atoms with van der Waals surface area (Å²) in [5, 5.41) is 18.9. The van der Waals surface area contributed by atoms with E-state index < -0.39 is 5.56 Å². The fourth-order valence-corrected chi connectivity index (χ4v) is 2.11. The number of hydrogen-bond acceptors (Lipinski definition) is 4. The first-order valence-electron chi connectivity index (χ1n) is 6.16. The fraction of sp³-hybridized carbons (Fsp3) is 0. The van der Waals surface area contributed by atoms with Crippen LogP contribution in [0.1, 0.15) is 0 Å². The minimum Gasteiger partial charge on any atom is -0.505 e. The number of aromatic hydroxyl groups is 1. The molecule has 0 radical (unpaired) electrons. The molecule has 1 aromatic heterocycles. The maximum absolute atomic E-state index is 12.0. The Kier molecular flexibility index (Phi) is 3.41. The average molecular weight is 300 g/mol. The summed E-state index contributed by atoms with van der Waals surface area (Å²) < 4.78 is 0. The Morgan fingerprint density at radius 1 is 1.05 bits per heavy atom. The Labute approximate surface area is 124 Å². The third-order valence-electron chi connectivity index (χ3n) is 2.95. The molecule has 0 saturated carbocycles. The summed E-state index contributed by atoms with van der Waals surface area (Å²) in [4.78, 5) is 14.6. The van der Waals surface area contributed by atoms with Gasteiger partial charge in [0.15, 0.2) is 11.4 Å². The molecule has 0 spiro atoms. The van der Waals surface area contributed by atoms with E-state index >= 15 is 0 Å². The largest absolute Gasteiger partial charge is 0.505 e. The van der Waals surface area contributed by atoms with Gasteiger partial charge in [0, 0.05) is 10.4 Å². The molecular formula is C15H10ClN3O2. The van der Waals surface area contributed by atoms with Crippen LogP contribution in [0.3, 0.4) is 0 Å². The molecule has 6 heteroatoms. The van der Waals surface area contributed by atoms with E-state index in [0.29, 0.717) is 21.6 Å². The third-order valence-corrected chi connectivity index (χ3v) is 3.18. The molecule has 1 heterocycles. The van der Waals surface area contributed by atoms with Gasteiger partial charge < -0.3 is 10.1 Å². The van der Waals surface area contributed by atoms with Gasteiger partial charge in [-0.05, 0) is 30.3 Å². The molecule has 0 fully saturated rings. The van der Waals surface area contributed by atoms with E-state index in [2.05, 4.69) is 15.2 Å². The number of halogens is 1. The zero-order valence-corrected chi connectivity index (χ0v) is 11.5. The molecule has 104 valence electrons. The molecule has 21 heavy (non-hydrogen) atoms. The second-order valence-corrected chi connectivity index (χ2v) is 4.81. The van der Waals surface area contributed by atoms with Gasteiger partial charge in [-0.15, -0.1) is 5.11 Å². The van der Waals surface area contributed by atoms with Crippen molar-refractivity contribution >= 4 is 33.9 Å². The monoisotopic (exact) mass is 299 g/mol. The van der Waals surface area contributed by atoms with Crippen LogP contribution in [0.5, 0.6) is 5.75 Å². The molecule has 0 bridgehead atoms. The van der Waals surface area contributed by atoms with Crippen LogP contribution in [0, 0.1) is 0 Å². The number of azo groups is 1. The van der Waals surface area contributed by atoms with Crippen molar-refractivity contribution in [1.82, 2.24) is 4.98 Å². The molecule has 0 unspecified atom stereocenters. The maximum atomic E-state index is 12.0. The second kappa shape index (κ2) is 5.38. The highest BCUT2D eigenvalue weighted by molar-refractivity contribution is 6.31. The van der Waals surface area contributed by atoms with Crippen molar-refractivity contribution in [3.63, 3.8) is 0 Å². The summed E-state index contributed by atoms with van der Waals surface area (Å²) in [6, 6.07) is 13.8. The molecule has 2 aromatic carbocycles. The van der Waals surface area contributed by atoms with Crippen LogP contribution in [0.15, 0.2) is 63.6 Å². The topological polar surface area (TPSA) is 77.8 Å². The molecule has 3 rings (SSSR count). The number of pyridine rings is 1.